The van der Waals surface area contributed by atoms with Crippen LogP contribution in [-0.2, 0) is 17.7 Å². The fourth-order valence-corrected chi connectivity index (χ4v) is 2.83. The van der Waals surface area contributed by atoms with Crippen LogP contribution in [0.1, 0.15) is 31.9 Å². The van der Waals surface area contributed by atoms with E-state index in [0.29, 0.717) is 5.41 Å². The summed E-state index contributed by atoms with van der Waals surface area (Å²) in [5.74, 6) is 1.05. The van der Waals surface area contributed by atoms with E-state index in [1.807, 2.05) is 0 Å². The molecule has 104 valence electrons. The first-order chi connectivity index (χ1) is 8.96. The number of rotatable bonds is 4. The van der Waals surface area contributed by atoms with E-state index in [4.69, 9.17) is 9.47 Å². The SMILES string of the molecule is CC1(CNCc2ccc3c(c2)CC(C)(C)O3)COC1. The van der Waals surface area contributed by atoms with Crippen molar-refractivity contribution in [3.8, 4) is 5.75 Å². The Balaban J connectivity index is 1.58. The number of benzene rings is 1. The van der Waals surface area contributed by atoms with E-state index in [1.54, 1.807) is 0 Å². The molecule has 1 aromatic carbocycles. The zero-order chi connectivity index (χ0) is 13.5. The van der Waals surface area contributed by atoms with Crippen molar-refractivity contribution in [2.45, 2.75) is 39.3 Å². The number of ether oxygens (including phenoxy) is 2. The van der Waals surface area contributed by atoms with Gasteiger partial charge in [0.2, 0.25) is 0 Å². The summed E-state index contributed by atoms with van der Waals surface area (Å²) >= 11 is 0. The molecule has 0 aromatic heterocycles. The maximum absolute atomic E-state index is 5.90. The molecule has 2 aliphatic rings. The summed E-state index contributed by atoms with van der Waals surface area (Å²) in [6, 6.07) is 6.54. The molecule has 0 bridgehead atoms. The van der Waals surface area contributed by atoms with E-state index in [1.165, 1.54) is 11.1 Å². The van der Waals surface area contributed by atoms with Crippen LogP contribution in [0.15, 0.2) is 18.2 Å². The maximum Gasteiger partial charge on any atom is 0.123 e. The molecule has 1 aromatic rings. The molecule has 3 heteroatoms. The van der Waals surface area contributed by atoms with Crippen molar-refractivity contribution in [2.75, 3.05) is 19.8 Å². The second-order valence-electron chi connectivity index (χ2n) is 6.89. The Morgan fingerprint density at radius 2 is 2.00 bits per heavy atom. The van der Waals surface area contributed by atoms with Gasteiger partial charge < -0.3 is 14.8 Å². The van der Waals surface area contributed by atoms with Gasteiger partial charge in [-0.3, -0.25) is 0 Å². The lowest BCUT2D eigenvalue weighted by Crippen LogP contribution is -2.47. The summed E-state index contributed by atoms with van der Waals surface area (Å²) in [6.07, 6.45) is 1.00. The van der Waals surface area contributed by atoms with Crippen molar-refractivity contribution >= 4 is 0 Å². The van der Waals surface area contributed by atoms with Crippen LogP contribution in [0, 0.1) is 5.41 Å². The van der Waals surface area contributed by atoms with E-state index in [2.05, 4.69) is 44.3 Å². The number of hydrogen-bond donors (Lipinski definition) is 1. The molecular formula is C16H23NO2. The van der Waals surface area contributed by atoms with Gasteiger partial charge in [-0.25, -0.2) is 0 Å². The molecule has 2 heterocycles. The van der Waals surface area contributed by atoms with Crippen molar-refractivity contribution in [1.29, 1.82) is 0 Å². The molecule has 19 heavy (non-hydrogen) atoms. The van der Waals surface area contributed by atoms with Gasteiger partial charge in [-0.2, -0.15) is 0 Å². The molecule has 1 fully saturated rings. The van der Waals surface area contributed by atoms with Crippen LogP contribution in [0.25, 0.3) is 0 Å². The predicted molar refractivity (Wildman–Crippen MR) is 75.5 cm³/mol. The Morgan fingerprint density at radius 3 is 2.68 bits per heavy atom. The number of hydrogen-bond acceptors (Lipinski definition) is 3. The maximum atomic E-state index is 5.90. The first-order valence-electron chi connectivity index (χ1n) is 7.05. The van der Waals surface area contributed by atoms with Crippen LogP contribution < -0.4 is 10.1 Å². The van der Waals surface area contributed by atoms with Crippen LogP contribution >= 0.6 is 0 Å². The number of fused-ring (bicyclic) bond motifs is 1. The molecule has 0 amide bonds. The molecule has 0 unspecified atom stereocenters. The Morgan fingerprint density at radius 1 is 1.21 bits per heavy atom. The normalized spacial score (nSPS) is 22.5. The van der Waals surface area contributed by atoms with Gasteiger partial charge in [-0.15, -0.1) is 0 Å². The summed E-state index contributed by atoms with van der Waals surface area (Å²) in [5.41, 5.74) is 2.96. The van der Waals surface area contributed by atoms with Gasteiger partial charge in [0.1, 0.15) is 11.4 Å². The minimum Gasteiger partial charge on any atom is -0.487 e. The third kappa shape index (κ3) is 2.77. The summed E-state index contributed by atoms with van der Waals surface area (Å²) in [6.45, 7) is 10.3. The number of nitrogens with one attached hydrogen (secondary N) is 1. The first kappa shape index (κ1) is 12.9. The van der Waals surface area contributed by atoms with Gasteiger partial charge in [0.05, 0.1) is 13.2 Å². The van der Waals surface area contributed by atoms with Crippen molar-refractivity contribution in [3.63, 3.8) is 0 Å². The van der Waals surface area contributed by atoms with Crippen LogP contribution in [0.4, 0.5) is 0 Å². The van der Waals surface area contributed by atoms with E-state index in [9.17, 15) is 0 Å². The van der Waals surface area contributed by atoms with Crippen molar-refractivity contribution < 1.29 is 9.47 Å². The fourth-order valence-electron chi connectivity index (χ4n) is 2.83. The van der Waals surface area contributed by atoms with Crippen LogP contribution in [0.2, 0.25) is 0 Å². The summed E-state index contributed by atoms with van der Waals surface area (Å²) in [5, 5.41) is 3.54. The smallest absolute Gasteiger partial charge is 0.123 e. The molecule has 3 rings (SSSR count). The molecule has 1 saturated heterocycles. The van der Waals surface area contributed by atoms with Gasteiger partial charge in [-0.05, 0) is 31.0 Å². The minimum atomic E-state index is -0.0505. The van der Waals surface area contributed by atoms with E-state index in [-0.39, 0.29) is 5.60 Å². The zero-order valence-corrected chi connectivity index (χ0v) is 12.1. The van der Waals surface area contributed by atoms with Crippen molar-refractivity contribution in [1.82, 2.24) is 5.32 Å². The molecule has 3 nitrogen and oxygen atoms in total. The Kier molecular flexibility index (Phi) is 3.06. The van der Waals surface area contributed by atoms with E-state index < -0.39 is 0 Å². The zero-order valence-electron chi connectivity index (χ0n) is 12.1. The highest BCUT2D eigenvalue weighted by Gasteiger charge is 2.33. The molecule has 2 aliphatic heterocycles. The Labute approximate surface area is 115 Å². The van der Waals surface area contributed by atoms with Gasteiger partial charge in [0.25, 0.3) is 0 Å². The van der Waals surface area contributed by atoms with Gasteiger partial charge in [-0.1, -0.05) is 19.1 Å². The standard InChI is InChI=1S/C16H23NO2/c1-15(2)7-13-6-12(4-5-14(13)19-15)8-17-9-16(3)10-18-11-16/h4-6,17H,7-11H2,1-3H3. The van der Waals surface area contributed by atoms with Gasteiger partial charge >= 0.3 is 0 Å². The second kappa shape index (κ2) is 4.50. The van der Waals surface area contributed by atoms with Crippen molar-refractivity contribution in [3.05, 3.63) is 29.3 Å². The van der Waals surface area contributed by atoms with Gasteiger partial charge in [0.15, 0.2) is 0 Å². The second-order valence-corrected chi connectivity index (χ2v) is 6.89. The van der Waals surface area contributed by atoms with Crippen LogP contribution in [0.3, 0.4) is 0 Å². The van der Waals surface area contributed by atoms with Crippen molar-refractivity contribution in [2.24, 2.45) is 5.41 Å². The third-order valence-electron chi connectivity index (χ3n) is 3.91. The van der Waals surface area contributed by atoms with Gasteiger partial charge in [0, 0.05) is 24.9 Å². The average Bonchev–Trinajstić information content (AvgIpc) is 2.60. The Bertz CT molecular complexity index is 478. The lowest BCUT2D eigenvalue weighted by molar-refractivity contribution is -0.0991. The summed E-state index contributed by atoms with van der Waals surface area (Å²) in [7, 11) is 0. The quantitative estimate of drug-likeness (QED) is 0.903. The highest BCUT2D eigenvalue weighted by atomic mass is 16.5. The molecule has 0 atom stereocenters. The summed E-state index contributed by atoms with van der Waals surface area (Å²) in [4.78, 5) is 0. The molecule has 1 N–H and O–H groups in total. The molecule has 0 aliphatic carbocycles. The molecular weight excluding hydrogens is 238 g/mol. The average molecular weight is 261 g/mol. The van der Waals surface area contributed by atoms with E-state index >= 15 is 0 Å². The lowest BCUT2D eigenvalue weighted by Gasteiger charge is -2.38. The monoisotopic (exact) mass is 261 g/mol. The predicted octanol–water partition coefficient (Wildman–Crippen LogP) is 2.53. The summed E-state index contributed by atoms with van der Waals surface area (Å²) < 4.78 is 11.2. The third-order valence-corrected chi connectivity index (χ3v) is 3.91. The Hall–Kier alpha value is -1.06. The fraction of sp³-hybridized carbons (Fsp3) is 0.625. The molecule has 0 spiro atoms. The van der Waals surface area contributed by atoms with Crippen LogP contribution in [-0.4, -0.2) is 25.4 Å². The topological polar surface area (TPSA) is 30.5 Å². The largest absolute Gasteiger partial charge is 0.487 e. The first-order valence-corrected chi connectivity index (χ1v) is 7.05. The van der Waals surface area contributed by atoms with Crippen LogP contribution in [0.5, 0.6) is 5.75 Å². The van der Waals surface area contributed by atoms with E-state index in [0.717, 1.165) is 38.5 Å². The highest BCUT2D eigenvalue weighted by molar-refractivity contribution is 5.41. The lowest BCUT2D eigenvalue weighted by atomic mass is 9.89. The highest BCUT2D eigenvalue weighted by Crippen LogP contribution is 2.35. The molecule has 0 radical (unpaired) electrons. The molecule has 0 saturated carbocycles. The minimum absolute atomic E-state index is 0.0505.